The van der Waals surface area contributed by atoms with E-state index < -0.39 is 18.6 Å². The number of carboxylic acids is 1. The maximum absolute atomic E-state index is 11.7. The lowest BCUT2D eigenvalue weighted by molar-refractivity contribution is -0.134. The van der Waals surface area contributed by atoms with Gasteiger partial charge in [0.05, 0.1) is 0 Å². The Balaban J connectivity index is 2.30. The lowest BCUT2D eigenvalue weighted by atomic mass is 10.3. The van der Waals surface area contributed by atoms with E-state index in [0.717, 1.165) is 6.26 Å². The highest BCUT2D eigenvalue weighted by Crippen LogP contribution is 2.21. The summed E-state index contributed by atoms with van der Waals surface area (Å²) in [5.74, 6) is -1.26. The molecular weight excluding hydrogens is 229 g/mol. The van der Waals surface area contributed by atoms with E-state index in [4.69, 9.17) is 5.11 Å². The molecule has 90 valence electrons. The predicted molar refractivity (Wildman–Crippen MR) is 47.2 cm³/mol. The van der Waals surface area contributed by atoms with Gasteiger partial charge in [0, 0.05) is 13.0 Å². The first kappa shape index (κ1) is 12.3. The molecular formula is C8H9F3N2O3. The zero-order valence-electron chi connectivity index (χ0n) is 8.04. The van der Waals surface area contributed by atoms with Gasteiger partial charge < -0.3 is 14.8 Å². The first-order chi connectivity index (χ1) is 7.38. The SMILES string of the molecule is O=C(O)c1coc(NCCCC(F)(F)F)n1. The fraction of sp³-hybridized carbons (Fsp3) is 0.500. The summed E-state index contributed by atoms with van der Waals surface area (Å²) in [7, 11) is 0. The van der Waals surface area contributed by atoms with Crippen molar-refractivity contribution in [3.8, 4) is 0 Å². The van der Waals surface area contributed by atoms with Crippen molar-refractivity contribution < 1.29 is 27.5 Å². The Labute approximate surface area is 88.3 Å². The molecule has 0 aliphatic heterocycles. The number of nitrogens with zero attached hydrogens (tertiary/aromatic N) is 1. The van der Waals surface area contributed by atoms with Crippen molar-refractivity contribution in [1.29, 1.82) is 0 Å². The van der Waals surface area contributed by atoms with Gasteiger partial charge >= 0.3 is 12.1 Å². The molecule has 1 aromatic heterocycles. The second-order valence-electron chi connectivity index (χ2n) is 2.99. The molecule has 16 heavy (non-hydrogen) atoms. The molecule has 5 nitrogen and oxygen atoms in total. The molecule has 8 heteroatoms. The first-order valence-electron chi connectivity index (χ1n) is 4.38. The highest BCUT2D eigenvalue weighted by atomic mass is 19.4. The van der Waals surface area contributed by atoms with Crippen molar-refractivity contribution in [3.05, 3.63) is 12.0 Å². The van der Waals surface area contributed by atoms with E-state index in [1.807, 2.05) is 0 Å². The minimum Gasteiger partial charge on any atom is -0.476 e. The zero-order valence-corrected chi connectivity index (χ0v) is 8.04. The summed E-state index contributed by atoms with van der Waals surface area (Å²) in [5.41, 5.74) is -0.293. The third-order valence-electron chi connectivity index (χ3n) is 1.64. The second kappa shape index (κ2) is 4.86. The van der Waals surface area contributed by atoms with Gasteiger partial charge in [-0.15, -0.1) is 0 Å². The number of aromatic nitrogens is 1. The van der Waals surface area contributed by atoms with Crippen molar-refractivity contribution in [2.75, 3.05) is 11.9 Å². The number of oxazole rings is 1. The van der Waals surface area contributed by atoms with Crippen LogP contribution in [0.4, 0.5) is 19.2 Å². The molecule has 0 atom stereocenters. The van der Waals surface area contributed by atoms with Gasteiger partial charge in [0.2, 0.25) is 0 Å². The second-order valence-corrected chi connectivity index (χ2v) is 2.99. The monoisotopic (exact) mass is 238 g/mol. The molecule has 0 spiro atoms. The minimum absolute atomic E-state index is 0.0130. The molecule has 0 saturated heterocycles. The van der Waals surface area contributed by atoms with E-state index in [0.29, 0.717) is 0 Å². The van der Waals surface area contributed by atoms with Crippen molar-refractivity contribution in [2.45, 2.75) is 19.0 Å². The third-order valence-corrected chi connectivity index (χ3v) is 1.64. The van der Waals surface area contributed by atoms with E-state index in [2.05, 4.69) is 14.7 Å². The Morgan fingerprint density at radius 2 is 2.25 bits per heavy atom. The van der Waals surface area contributed by atoms with Crippen molar-refractivity contribution in [3.63, 3.8) is 0 Å². The Bertz CT molecular complexity index is 362. The molecule has 0 aromatic carbocycles. The van der Waals surface area contributed by atoms with Gasteiger partial charge in [0.25, 0.3) is 6.01 Å². The Morgan fingerprint density at radius 3 is 2.75 bits per heavy atom. The van der Waals surface area contributed by atoms with Crippen LogP contribution in [-0.2, 0) is 0 Å². The quantitative estimate of drug-likeness (QED) is 0.768. The molecule has 0 unspecified atom stereocenters. The highest BCUT2D eigenvalue weighted by Gasteiger charge is 2.25. The number of aromatic carboxylic acids is 1. The average Bonchev–Trinajstić information content (AvgIpc) is 2.59. The topological polar surface area (TPSA) is 75.4 Å². The van der Waals surface area contributed by atoms with E-state index >= 15 is 0 Å². The van der Waals surface area contributed by atoms with E-state index in [1.54, 1.807) is 0 Å². The van der Waals surface area contributed by atoms with E-state index in [-0.39, 0.29) is 24.7 Å². The van der Waals surface area contributed by atoms with E-state index in [1.165, 1.54) is 0 Å². The van der Waals surface area contributed by atoms with Gasteiger partial charge in [0.1, 0.15) is 6.26 Å². The summed E-state index contributed by atoms with van der Waals surface area (Å²) in [4.78, 5) is 13.9. The van der Waals surface area contributed by atoms with Crippen molar-refractivity contribution in [1.82, 2.24) is 4.98 Å². The Hall–Kier alpha value is -1.73. The molecule has 2 N–H and O–H groups in total. The van der Waals surface area contributed by atoms with Crippen LogP contribution in [-0.4, -0.2) is 28.8 Å². The van der Waals surface area contributed by atoms with Crippen LogP contribution >= 0.6 is 0 Å². The number of carboxylic acid groups (broad SMARTS) is 1. The number of alkyl halides is 3. The zero-order chi connectivity index (χ0) is 12.2. The molecule has 0 radical (unpaired) electrons. The lowest BCUT2D eigenvalue weighted by Gasteiger charge is -2.05. The molecule has 0 aliphatic rings. The van der Waals surface area contributed by atoms with Crippen LogP contribution in [0.3, 0.4) is 0 Å². The lowest BCUT2D eigenvalue weighted by Crippen LogP contribution is -2.11. The smallest absolute Gasteiger partial charge is 0.389 e. The summed E-state index contributed by atoms with van der Waals surface area (Å²) in [5, 5.41) is 10.9. The number of halogens is 3. The van der Waals surface area contributed by atoms with Crippen molar-refractivity contribution >= 4 is 12.0 Å². The normalized spacial score (nSPS) is 11.4. The molecule has 0 bridgehead atoms. The summed E-state index contributed by atoms with van der Waals surface area (Å²) in [6, 6.07) is -0.0976. The number of hydrogen-bond donors (Lipinski definition) is 2. The maximum atomic E-state index is 11.7. The fourth-order valence-electron chi connectivity index (χ4n) is 0.937. The standard InChI is InChI=1S/C8H9F3N2O3/c9-8(10,11)2-1-3-12-7-13-5(4-16-7)6(14)15/h4H,1-3H2,(H,12,13)(H,14,15). The minimum atomic E-state index is -4.19. The van der Waals surface area contributed by atoms with Gasteiger partial charge in [-0.05, 0) is 6.42 Å². The maximum Gasteiger partial charge on any atom is 0.389 e. The molecule has 0 fully saturated rings. The fourth-order valence-corrected chi connectivity index (χ4v) is 0.937. The third kappa shape index (κ3) is 4.20. The van der Waals surface area contributed by atoms with Crippen LogP contribution < -0.4 is 5.32 Å². The van der Waals surface area contributed by atoms with E-state index in [9.17, 15) is 18.0 Å². The number of rotatable bonds is 5. The van der Waals surface area contributed by atoms with Gasteiger partial charge in [-0.3, -0.25) is 0 Å². The first-order valence-corrected chi connectivity index (χ1v) is 4.38. The van der Waals surface area contributed by atoms with Crippen molar-refractivity contribution in [2.24, 2.45) is 0 Å². The van der Waals surface area contributed by atoms with Gasteiger partial charge in [0.15, 0.2) is 5.69 Å². The number of hydrogen-bond acceptors (Lipinski definition) is 4. The Morgan fingerprint density at radius 1 is 1.56 bits per heavy atom. The van der Waals surface area contributed by atoms with Crippen LogP contribution in [0.5, 0.6) is 0 Å². The Kier molecular flexibility index (Phi) is 3.75. The molecule has 1 rings (SSSR count). The molecule has 0 amide bonds. The summed E-state index contributed by atoms with van der Waals surface area (Å²) >= 11 is 0. The number of carbonyl (C=O) groups is 1. The average molecular weight is 238 g/mol. The summed E-state index contributed by atoms with van der Waals surface area (Å²) < 4.78 is 39.9. The van der Waals surface area contributed by atoms with Gasteiger partial charge in [-0.2, -0.15) is 18.2 Å². The molecule has 1 heterocycles. The van der Waals surface area contributed by atoms with Crippen LogP contribution in [0.2, 0.25) is 0 Å². The van der Waals surface area contributed by atoms with Crippen LogP contribution in [0.25, 0.3) is 0 Å². The summed E-state index contributed by atoms with van der Waals surface area (Å²) in [6.45, 7) is 0.0130. The van der Waals surface area contributed by atoms with Gasteiger partial charge in [-0.25, -0.2) is 4.79 Å². The van der Waals surface area contributed by atoms with Crippen LogP contribution in [0.1, 0.15) is 23.3 Å². The van der Waals surface area contributed by atoms with Crippen LogP contribution in [0.15, 0.2) is 10.7 Å². The molecule has 1 aromatic rings. The summed E-state index contributed by atoms with van der Waals surface area (Å²) in [6.07, 6.45) is -4.32. The predicted octanol–water partition coefficient (Wildman–Crippen LogP) is 2.13. The number of nitrogens with one attached hydrogen (secondary N) is 1. The van der Waals surface area contributed by atoms with Gasteiger partial charge in [-0.1, -0.05) is 0 Å². The molecule has 0 aliphatic carbocycles. The number of anilines is 1. The van der Waals surface area contributed by atoms with Crippen LogP contribution in [0, 0.1) is 0 Å². The highest BCUT2D eigenvalue weighted by molar-refractivity contribution is 5.85. The molecule has 0 saturated carbocycles. The largest absolute Gasteiger partial charge is 0.476 e.